The summed E-state index contributed by atoms with van der Waals surface area (Å²) in [7, 11) is 0. The Morgan fingerprint density at radius 1 is 1.33 bits per heavy atom. The Morgan fingerprint density at radius 2 is 2.04 bits per heavy atom. The Morgan fingerprint density at radius 3 is 2.62 bits per heavy atom. The molecule has 24 heavy (non-hydrogen) atoms. The van der Waals surface area contributed by atoms with Gasteiger partial charge >= 0.3 is 0 Å². The molecule has 3 rings (SSSR count). The summed E-state index contributed by atoms with van der Waals surface area (Å²) in [4.78, 5) is 8.22. The summed E-state index contributed by atoms with van der Waals surface area (Å²) >= 11 is 3.32. The fraction of sp³-hybridized carbons (Fsp3) is 0.615. The van der Waals surface area contributed by atoms with E-state index in [2.05, 4.69) is 31.0 Å². The topological polar surface area (TPSA) is 149 Å². The van der Waals surface area contributed by atoms with Gasteiger partial charge in [-0.25, -0.2) is 4.68 Å². The first kappa shape index (κ1) is 17.3. The van der Waals surface area contributed by atoms with Gasteiger partial charge in [0.15, 0.2) is 11.9 Å². The second-order valence-corrected chi connectivity index (χ2v) is 6.47. The fourth-order valence-electron chi connectivity index (χ4n) is 2.55. The summed E-state index contributed by atoms with van der Waals surface area (Å²) in [6.45, 7) is 3.25. The maximum absolute atomic E-state index is 10.2. The van der Waals surface area contributed by atoms with Crippen molar-refractivity contribution >= 4 is 32.9 Å². The van der Waals surface area contributed by atoms with Gasteiger partial charge in [-0.1, -0.05) is 0 Å². The molecule has 2 aromatic rings. The summed E-state index contributed by atoms with van der Waals surface area (Å²) in [5, 5.41) is 34.1. The molecule has 1 saturated heterocycles. The fourth-order valence-corrected chi connectivity index (χ4v) is 3.07. The molecule has 2 aromatic heterocycles. The largest absolute Gasteiger partial charge is 0.474 e. The smallest absolute Gasteiger partial charge is 0.231 e. The van der Waals surface area contributed by atoms with Crippen molar-refractivity contribution in [1.29, 1.82) is 0 Å². The number of nitrogen functional groups attached to an aromatic ring is 1. The van der Waals surface area contributed by atoms with Crippen molar-refractivity contribution < 1.29 is 24.8 Å². The van der Waals surface area contributed by atoms with Crippen LogP contribution in [0.15, 0.2) is 4.60 Å². The zero-order chi connectivity index (χ0) is 17.6. The van der Waals surface area contributed by atoms with Crippen molar-refractivity contribution in [3.05, 3.63) is 4.60 Å². The van der Waals surface area contributed by atoms with Crippen LogP contribution in [0.5, 0.6) is 5.88 Å². The molecule has 1 fully saturated rings. The van der Waals surface area contributed by atoms with E-state index in [9.17, 15) is 15.3 Å². The van der Waals surface area contributed by atoms with Crippen LogP contribution in [0.3, 0.4) is 0 Å². The predicted octanol–water partition coefficient (Wildman–Crippen LogP) is -0.430. The van der Waals surface area contributed by atoms with Crippen LogP contribution >= 0.6 is 15.9 Å². The van der Waals surface area contributed by atoms with Crippen LogP contribution in [0.4, 0.5) is 5.95 Å². The molecule has 0 radical (unpaired) electrons. The first-order valence-corrected chi connectivity index (χ1v) is 8.13. The molecule has 5 N–H and O–H groups in total. The third-order valence-electron chi connectivity index (χ3n) is 3.60. The minimum Gasteiger partial charge on any atom is -0.474 e. The average Bonchev–Trinajstić information content (AvgIpc) is 2.97. The molecule has 3 heterocycles. The van der Waals surface area contributed by atoms with Crippen LogP contribution in [-0.2, 0) is 4.74 Å². The Bertz CT molecular complexity index is 754. The van der Waals surface area contributed by atoms with Crippen molar-refractivity contribution in [2.75, 3.05) is 12.3 Å². The lowest BCUT2D eigenvalue weighted by atomic mass is 10.1. The van der Waals surface area contributed by atoms with Gasteiger partial charge in [-0.05, 0) is 29.8 Å². The molecule has 0 unspecified atom stereocenters. The van der Waals surface area contributed by atoms with Crippen LogP contribution in [-0.4, -0.2) is 66.1 Å². The number of aliphatic hydroxyl groups is 3. The van der Waals surface area contributed by atoms with Gasteiger partial charge in [0.25, 0.3) is 0 Å². The Labute approximate surface area is 145 Å². The highest BCUT2D eigenvalue weighted by Crippen LogP contribution is 2.36. The van der Waals surface area contributed by atoms with E-state index in [0.717, 1.165) is 0 Å². The van der Waals surface area contributed by atoms with Crippen molar-refractivity contribution in [1.82, 2.24) is 19.7 Å². The molecule has 4 atom stereocenters. The Hall–Kier alpha value is -1.53. The van der Waals surface area contributed by atoms with Crippen LogP contribution in [0.1, 0.15) is 20.1 Å². The van der Waals surface area contributed by atoms with Crippen molar-refractivity contribution in [3.63, 3.8) is 0 Å². The second kappa shape index (κ2) is 6.41. The third kappa shape index (κ3) is 2.82. The van der Waals surface area contributed by atoms with E-state index in [1.165, 1.54) is 4.68 Å². The van der Waals surface area contributed by atoms with Gasteiger partial charge in [0.2, 0.25) is 11.8 Å². The molecule has 0 saturated carbocycles. The zero-order valence-corrected chi connectivity index (χ0v) is 14.6. The third-order valence-corrected chi connectivity index (χ3v) is 4.15. The molecule has 10 nitrogen and oxygen atoms in total. The summed E-state index contributed by atoms with van der Waals surface area (Å²) in [5.74, 6) is 0.218. The molecule has 0 bridgehead atoms. The number of aromatic nitrogens is 4. The second-order valence-electron chi connectivity index (χ2n) is 5.72. The van der Waals surface area contributed by atoms with E-state index in [1.807, 2.05) is 13.8 Å². The molecule has 0 aliphatic carbocycles. The van der Waals surface area contributed by atoms with Crippen molar-refractivity contribution in [2.45, 2.75) is 44.5 Å². The van der Waals surface area contributed by atoms with Crippen LogP contribution < -0.4 is 10.5 Å². The maximum Gasteiger partial charge on any atom is 0.231 e. The van der Waals surface area contributed by atoms with E-state index < -0.39 is 31.1 Å². The number of fused-ring (bicyclic) bond motifs is 1. The van der Waals surface area contributed by atoms with Crippen LogP contribution in [0, 0.1) is 0 Å². The summed E-state index contributed by atoms with van der Waals surface area (Å²) in [6, 6.07) is 0. The van der Waals surface area contributed by atoms with Gasteiger partial charge in [0, 0.05) is 0 Å². The number of rotatable bonds is 4. The zero-order valence-electron chi connectivity index (χ0n) is 13.0. The first-order chi connectivity index (χ1) is 11.3. The van der Waals surface area contributed by atoms with Crippen molar-refractivity contribution in [2.24, 2.45) is 0 Å². The van der Waals surface area contributed by atoms with E-state index >= 15 is 0 Å². The standard InChI is InChI=1S/C13H18BrN5O5/c1-4(2)23-11-6-9(14)18-19(10(6)16-13(15)17-11)12-8(22)7(21)5(3-20)24-12/h4-5,7-8,12,20-22H,3H2,1-2H3,(H2,15,16,17)/t5-,7-,8-,12-/m1/s1. The quantitative estimate of drug-likeness (QED) is 0.533. The van der Waals surface area contributed by atoms with Gasteiger partial charge in [-0.3, -0.25) is 0 Å². The van der Waals surface area contributed by atoms with Gasteiger partial charge in [-0.2, -0.15) is 15.1 Å². The molecule has 0 spiro atoms. The first-order valence-electron chi connectivity index (χ1n) is 7.33. The van der Waals surface area contributed by atoms with E-state index in [0.29, 0.717) is 9.99 Å². The number of anilines is 1. The predicted molar refractivity (Wildman–Crippen MR) is 86.2 cm³/mol. The molecule has 1 aliphatic rings. The lowest BCUT2D eigenvalue weighted by Crippen LogP contribution is -2.33. The highest BCUT2D eigenvalue weighted by molar-refractivity contribution is 9.10. The van der Waals surface area contributed by atoms with Gasteiger partial charge in [-0.15, -0.1) is 0 Å². The molecule has 0 amide bonds. The van der Waals surface area contributed by atoms with E-state index in [-0.39, 0.29) is 23.6 Å². The van der Waals surface area contributed by atoms with Crippen LogP contribution in [0.2, 0.25) is 0 Å². The number of nitrogens with zero attached hydrogens (tertiary/aromatic N) is 4. The molecule has 11 heteroatoms. The van der Waals surface area contributed by atoms with E-state index in [4.69, 9.17) is 15.2 Å². The number of nitrogens with two attached hydrogens (primary N) is 1. The highest BCUT2D eigenvalue weighted by atomic mass is 79.9. The van der Waals surface area contributed by atoms with Crippen LogP contribution in [0.25, 0.3) is 11.0 Å². The maximum atomic E-state index is 10.2. The SMILES string of the molecule is CC(C)Oc1nc(N)nc2c1c(Br)nn2[C@@H]1O[C@H](CO)[C@@H](O)[C@H]1O. The van der Waals surface area contributed by atoms with E-state index in [1.54, 1.807) is 0 Å². The monoisotopic (exact) mass is 403 g/mol. The lowest BCUT2D eigenvalue weighted by Gasteiger charge is -2.16. The molecular formula is C13H18BrN5O5. The number of hydrogen-bond donors (Lipinski definition) is 4. The highest BCUT2D eigenvalue weighted by Gasteiger charge is 2.45. The number of halogens is 1. The number of hydrogen-bond acceptors (Lipinski definition) is 9. The minimum atomic E-state index is -1.29. The molecular weight excluding hydrogens is 386 g/mol. The molecule has 132 valence electrons. The Balaban J connectivity index is 2.12. The normalized spacial score (nSPS) is 27.3. The molecule has 0 aromatic carbocycles. The number of ether oxygens (including phenoxy) is 2. The van der Waals surface area contributed by atoms with Crippen molar-refractivity contribution in [3.8, 4) is 5.88 Å². The average molecular weight is 404 g/mol. The Kier molecular flexibility index (Phi) is 4.62. The number of aliphatic hydroxyl groups excluding tert-OH is 3. The summed E-state index contributed by atoms with van der Waals surface area (Å²) in [6.07, 6.45) is -4.64. The summed E-state index contributed by atoms with van der Waals surface area (Å²) < 4.78 is 12.8. The molecule has 1 aliphatic heterocycles. The van der Waals surface area contributed by atoms with Gasteiger partial charge in [0.1, 0.15) is 28.3 Å². The lowest BCUT2D eigenvalue weighted by molar-refractivity contribution is -0.0567. The summed E-state index contributed by atoms with van der Waals surface area (Å²) in [5.41, 5.74) is 6.02. The van der Waals surface area contributed by atoms with Gasteiger partial charge < -0.3 is 30.5 Å². The van der Waals surface area contributed by atoms with Gasteiger partial charge in [0.05, 0.1) is 12.7 Å². The minimum absolute atomic E-state index is 0.0291.